The molecule has 0 saturated heterocycles. The van der Waals surface area contributed by atoms with E-state index in [0.29, 0.717) is 5.41 Å². The highest BCUT2D eigenvalue weighted by molar-refractivity contribution is 5.30. The first-order valence-corrected chi connectivity index (χ1v) is 5.79. The number of benzene rings is 1. The molecule has 0 heterocycles. The molecule has 2 aliphatic rings. The van der Waals surface area contributed by atoms with Crippen molar-refractivity contribution in [2.24, 2.45) is 11.3 Å². The highest BCUT2D eigenvalue weighted by Gasteiger charge is 2.50. The van der Waals surface area contributed by atoms with Crippen LogP contribution in [0.2, 0.25) is 0 Å². The third-order valence-electron chi connectivity index (χ3n) is 3.78. The van der Waals surface area contributed by atoms with Crippen LogP contribution in [-0.2, 0) is 6.42 Å². The van der Waals surface area contributed by atoms with Gasteiger partial charge in [-0.05, 0) is 36.2 Å². The van der Waals surface area contributed by atoms with Crippen molar-refractivity contribution in [1.82, 2.24) is 0 Å². The van der Waals surface area contributed by atoms with Crippen LogP contribution in [-0.4, -0.2) is 0 Å². The van der Waals surface area contributed by atoms with Gasteiger partial charge in [-0.15, -0.1) is 0 Å². The Balaban J connectivity index is 1.64. The van der Waals surface area contributed by atoms with E-state index in [1.807, 2.05) is 0 Å². The fourth-order valence-corrected chi connectivity index (χ4v) is 2.64. The van der Waals surface area contributed by atoms with E-state index in [2.05, 4.69) is 54.6 Å². The van der Waals surface area contributed by atoms with Crippen molar-refractivity contribution < 1.29 is 0 Å². The Bertz CT molecular complexity index is 399. The number of hydrogen-bond donors (Lipinski definition) is 0. The lowest BCUT2D eigenvalue weighted by molar-refractivity contribution is 0.549. The predicted octanol–water partition coefficient (Wildman–Crippen LogP) is 3.75. The number of allylic oxidation sites excluding steroid dienone is 4. The highest BCUT2D eigenvalue weighted by atomic mass is 14.5. The van der Waals surface area contributed by atoms with Gasteiger partial charge in [0.1, 0.15) is 0 Å². The Kier molecular flexibility index (Phi) is 2.02. The average molecular weight is 196 g/mol. The lowest BCUT2D eigenvalue weighted by Gasteiger charge is -2.13. The van der Waals surface area contributed by atoms with Gasteiger partial charge in [-0.3, -0.25) is 0 Å². The number of aryl methyl sites for hydroxylation is 1. The summed E-state index contributed by atoms with van der Waals surface area (Å²) in [4.78, 5) is 0. The van der Waals surface area contributed by atoms with Crippen LogP contribution in [0.15, 0.2) is 54.6 Å². The molecule has 76 valence electrons. The van der Waals surface area contributed by atoms with Gasteiger partial charge in [-0.1, -0.05) is 54.6 Å². The standard InChI is InChI=1S/C15H16/c1-2-6-13(7-3-1)9-11-15-10-5-4-8-14(15)12-15/h1-8,10,14H,9,11-12H2. The molecule has 0 amide bonds. The molecule has 2 atom stereocenters. The molecule has 0 aliphatic heterocycles. The monoisotopic (exact) mass is 196 g/mol. The maximum absolute atomic E-state index is 2.42. The minimum Gasteiger partial charge on any atom is -0.0805 e. The zero-order chi connectivity index (χ0) is 10.1. The Morgan fingerprint density at radius 3 is 2.80 bits per heavy atom. The molecular formula is C15H16. The molecule has 2 unspecified atom stereocenters. The van der Waals surface area contributed by atoms with E-state index in [4.69, 9.17) is 0 Å². The zero-order valence-corrected chi connectivity index (χ0v) is 8.89. The second kappa shape index (κ2) is 3.37. The van der Waals surface area contributed by atoms with E-state index in [9.17, 15) is 0 Å². The van der Waals surface area contributed by atoms with Crippen molar-refractivity contribution in [2.75, 3.05) is 0 Å². The summed E-state index contributed by atoms with van der Waals surface area (Å²) in [6, 6.07) is 10.8. The molecule has 0 bridgehead atoms. The summed E-state index contributed by atoms with van der Waals surface area (Å²) < 4.78 is 0. The Morgan fingerprint density at radius 2 is 2.00 bits per heavy atom. The lowest BCUT2D eigenvalue weighted by atomic mass is 9.92. The number of hydrogen-bond acceptors (Lipinski definition) is 0. The summed E-state index contributed by atoms with van der Waals surface area (Å²) in [7, 11) is 0. The maximum Gasteiger partial charge on any atom is -0.00429 e. The van der Waals surface area contributed by atoms with Crippen molar-refractivity contribution in [2.45, 2.75) is 19.3 Å². The van der Waals surface area contributed by atoms with Gasteiger partial charge in [0.05, 0.1) is 0 Å². The summed E-state index contributed by atoms with van der Waals surface area (Å²) >= 11 is 0. The molecule has 0 nitrogen and oxygen atoms in total. The lowest BCUT2D eigenvalue weighted by Crippen LogP contribution is -2.03. The molecule has 1 aromatic rings. The van der Waals surface area contributed by atoms with Crippen LogP contribution in [0.3, 0.4) is 0 Å². The summed E-state index contributed by atoms with van der Waals surface area (Å²) in [6.07, 6.45) is 13.1. The van der Waals surface area contributed by atoms with Crippen LogP contribution in [0.5, 0.6) is 0 Å². The van der Waals surface area contributed by atoms with Crippen LogP contribution in [0.1, 0.15) is 18.4 Å². The minimum atomic E-state index is 0.532. The van der Waals surface area contributed by atoms with Crippen LogP contribution in [0, 0.1) is 11.3 Å². The Labute approximate surface area is 91.3 Å². The summed E-state index contributed by atoms with van der Waals surface area (Å²) in [6.45, 7) is 0. The molecular weight excluding hydrogens is 180 g/mol. The quantitative estimate of drug-likeness (QED) is 0.690. The first kappa shape index (κ1) is 8.96. The molecule has 0 spiro atoms. The van der Waals surface area contributed by atoms with Crippen LogP contribution < -0.4 is 0 Å². The van der Waals surface area contributed by atoms with E-state index in [1.165, 1.54) is 24.8 Å². The van der Waals surface area contributed by atoms with Gasteiger partial charge in [0, 0.05) is 0 Å². The molecule has 15 heavy (non-hydrogen) atoms. The number of fused-ring (bicyclic) bond motifs is 1. The third-order valence-corrected chi connectivity index (χ3v) is 3.78. The van der Waals surface area contributed by atoms with E-state index in [1.54, 1.807) is 0 Å². The zero-order valence-electron chi connectivity index (χ0n) is 8.89. The molecule has 0 radical (unpaired) electrons. The average Bonchev–Trinajstić information content (AvgIpc) is 3.03. The smallest absolute Gasteiger partial charge is 0.00429 e. The van der Waals surface area contributed by atoms with Crippen molar-refractivity contribution >= 4 is 0 Å². The number of rotatable bonds is 3. The predicted molar refractivity (Wildman–Crippen MR) is 63.6 cm³/mol. The van der Waals surface area contributed by atoms with Crippen molar-refractivity contribution in [1.29, 1.82) is 0 Å². The third kappa shape index (κ3) is 1.65. The van der Waals surface area contributed by atoms with Crippen LogP contribution in [0.4, 0.5) is 0 Å². The first-order valence-electron chi connectivity index (χ1n) is 5.79. The van der Waals surface area contributed by atoms with Gasteiger partial charge in [0.15, 0.2) is 0 Å². The van der Waals surface area contributed by atoms with E-state index in [0.717, 1.165) is 5.92 Å². The molecule has 1 aromatic carbocycles. The van der Waals surface area contributed by atoms with Gasteiger partial charge < -0.3 is 0 Å². The fraction of sp³-hybridized carbons (Fsp3) is 0.333. The topological polar surface area (TPSA) is 0 Å². The molecule has 0 N–H and O–H groups in total. The largest absolute Gasteiger partial charge is 0.0805 e. The van der Waals surface area contributed by atoms with Gasteiger partial charge in [-0.25, -0.2) is 0 Å². The summed E-state index contributed by atoms with van der Waals surface area (Å²) in [5, 5.41) is 0. The van der Waals surface area contributed by atoms with Gasteiger partial charge >= 0.3 is 0 Å². The molecule has 2 aliphatic carbocycles. The van der Waals surface area contributed by atoms with Gasteiger partial charge in [0.25, 0.3) is 0 Å². The molecule has 1 saturated carbocycles. The van der Waals surface area contributed by atoms with E-state index in [-0.39, 0.29) is 0 Å². The van der Waals surface area contributed by atoms with Gasteiger partial charge in [-0.2, -0.15) is 0 Å². The maximum atomic E-state index is 2.42. The van der Waals surface area contributed by atoms with Crippen molar-refractivity contribution in [3.8, 4) is 0 Å². The minimum absolute atomic E-state index is 0.532. The van der Waals surface area contributed by atoms with Gasteiger partial charge in [0.2, 0.25) is 0 Å². The Morgan fingerprint density at radius 1 is 1.13 bits per heavy atom. The summed E-state index contributed by atoms with van der Waals surface area (Å²) in [5.74, 6) is 0.839. The molecule has 0 heteroatoms. The van der Waals surface area contributed by atoms with Crippen LogP contribution >= 0.6 is 0 Å². The van der Waals surface area contributed by atoms with E-state index < -0.39 is 0 Å². The van der Waals surface area contributed by atoms with Crippen molar-refractivity contribution in [3.63, 3.8) is 0 Å². The Hall–Kier alpha value is -1.30. The van der Waals surface area contributed by atoms with Crippen LogP contribution in [0.25, 0.3) is 0 Å². The molecule has 3 rings (SSSR count). The normalized spacial score (nSPS) is 31.3. The molecule has 0 aromatic heterocycles. The second-order valence-corrected chi connectivity index (χ2v) is 4.77. The molecule has 1 fully saturated rings. The van der Waals surface area contributed by atoms with Crippen molar-refractivity contribution in [3.05, 3.63) is 60.2 Å². The highest BCUT2D eigenvalue weighted by Crippen LogP contribution is 2.59. The SMILES string of the molecule is C1=CC2CC2(CCc2ccccc2)C=C1. The fourth-order valence-electron chi connectivity index (χ4n) is 2.64. The first-order chi connectivity index (χ1) is 7.39. The summed E-state index contributed by atoms with van der Waals surface area (Å²) in [5.41, 5.74) is 2.00. The second-order valence-electron chi connectivity index (χ2n) is 4.77. The van der Waals surface area contributed by atoms with E-state index >= 15 is 0 Å².